The van der Waals surface area contributed by atoms with Crippen molar-refractivity contribution in [1.82, 2.24) is 9.97 Å². The number of sulfonamides is 1. The minimum absolute atomic E-state index is 0.129. The van der Waals surface area contributed by atoms with E-state index < -0.39 is 20.9 Å². The van der Waals surface area contributed by atoms with Crippen LogP contribution in [0.25, 0.3) is 32.9 Å². The summed E-state index contributed by atoms with van der Waals surface area (Å²) in [5.41, 5.74) is 3.77. The number of hydrogen-bond donors (Lipinski definition) is 1. The molecule has 0 bridgehead atoms. The highest BCUT2D eigenvalue weighted by atomic mass is 32.2. The molecule has 0 unspecified atom stereocenters. The molecule has 40 heavy (non-hydrogen) atoms. The molecule has 6 aromatic rings. The standard InChI is InChI=1S/C30H21N4O4S2/c35-39(33-27-9-1-5-23-7-3-19-31-29(23)27)38-25-15-11-21(12-16-25)22-13-17-26(18-14-22)40(36,37)34-28-10-2-6-24-8-4-20-32-30(24)28/h1-20,34H/q-1. The van der Waals surface area contributed by atoms with E-state index in [0.717, 1.165) is 21.9 Å². The van der Waals surface area contributed by atoms with Crippen molar-refractivity contribution < 1.29 is 16.8 Å². The third-order valence-electron chi connectivity index (χ3n) is 6.18. The van der Waals surface area contributed by atoms with E-state index in [1.807, 2.05) is 36.4 Å². The van der Waals surface area contributed by atoms with Crippen LogP contribution in [0.3, 0.4) is 0 Å². The fraction of sp³-hybridized carbons (Fsp3) is 0. The first-order chi connectivity index (χ1) is 19.5. The summed E-state index contributed by atoms with van der Waals surface area (Å²) in [6, 6.07) is 31.7. The zero-order valence-electron chi connectivity index (χ0n) is 20.8. The summed E-state index contributed by atoms with van der Waals surface area (Å²) >= 11 is 0. The molecule has 0 aliphatic carbocycles. The second kappa shape index (κ2) is 10.8. The van der Waals surface area contributed by atoms with Gasteiger partial charge in [-0.05, 0) is 70.5 Å². The minimum Gasteiger partial charge on any atom is -0.546 e. The van der Waals surface area contributed by atoms with Gasteiger partial charge < -0.3 is 12.8 Å². The second-order valence-electron chi connectivity index (χ2n) is 8.78. The van der Waals surface area contributed by atoms with Gasteiger partial charge in [0.15, 0.2) is 0 Å². The van der Waals surface area contributed by atoms with E-state index in [0.29, 0.717) is 28.2 Å². The van der Waals surface area contributed by atoms with Crippen LogP contribution in [0.15, 0.2) is 131 Å². The number of pyridine rings is 2. The first-order valence-corrected chi connectivity index (χ1v) is 14.7. The Kier molecular flexibility index (Phi) is 6.85. The lowest BCUT2D eigenvalue weighted by atomic mass is 10.1. The van der Waals surface area contributed by atoms with Gasteiger partial charge in [-0.15, -0.1) is 0 Å². The number of aromatic nitrogens is 2. The van der Waals surface area contributed by atoms with E-state index in [4.69, 9.17) is 4.18 Å². The molecule has 6 rings (SSSR count). The second-order valence-corrected chi connectivity index (χ2v) is 11.2. The average molecular weight is 566 g/mol. The van der Waals surface area contributed by atoms with Crippen LogP contribution in [0.5, 0.6) is 5.75 Å². The van der Waals surface area contributed by atoms with Crippen molar-refractivity contribution in [2.45, 2.75) is 4.90 Å². The maximum absolute atomic E-state index is 13.0. The van der Waals surface area contributed by atoms with Crippen LogP contribution in [0, 0.1) is 0 Å². The van der Waals surface area contributed by atoms with E-state index in [-0.39, 0.29) is 4.90 Å². The van der Waals surface area contributed by atoms with Gasteiger partial charge >= 0.3 is 0 Å². The summed E-state index contributed by atoms with van der Waals surface area (Å²) in [5.74, 6) is 0.381. The Bertz CT molecular complexity index is 2030. The molecule has 0 amide bonds. The monoisotopic (exact) mass is 565 g/mol. The molecule has 1 N–H and O–H groups in total. The van der Waals surface area contributed by atoms with Crippen molar-refractivity contribution in [3.63, 3.8) is 0 Å². The fourth-order valence-electron chi connectivity index (χ4n) is 4.26. The number of anilines is 1. The average Bonchev–Trinajstić information content (AvgIpc) is 2.98. The van der Waals surface area contributed by atoms with Gasteiger partial charge in [0.2, 0.25) is 0 Å². The van der Waals surface area contributed by atoms with Crippen LogP contribution >= 0.6 is 0 Å². The van der Waals surface area contributed by atoms with Crippen LogP contribution in [0.4, 0.5) is 11.4 Å². The number of para-hydroxylation sites is 2. The third-order valence-corrected chi connectivity index (χ3v) is 8.24. The number of hydrogen-bond acceptors (Lipinski definition) is 8. The fourth-order valence-corrected chi connectivity index (χ4v) is 5.95. The van der Waals surface area contributed by atoms with Gasteiger partial charge in [-0.25, -0.2) is 8.42 Å². The van der Waals surface area contributed by atoms with Crippen molar-refractivity contribution in [1.29, 1.82) is 0 Å². The molecule has 0 fully saturated rings. The first kappa shape index (κ1) is 25.5. The van der Waals surface area contributed by atoms with E-state index in [1.54, 1.807) is 85.2 Å². The number of nitrogens with one attached hydrogen (secondary N) is 1. The van der Waals surface area contributed by atoms with Crippen molar-refractivity contribution in [3.05, 3.63) is 122 Å². The molecule has 0 aliphatic heterocycles. The molecule has 2 heterocycles. The van der Waals surface area contributed by atoms with Crippen molar-refractivity contribution in [3.8, 4) is 16.9 Å². The Morgan fingerprint density at radius 1 is 0.675 bits per heavy atom. The molecule has 198 valence electrons. The van der Waals surface area contributed by atoms with Crippen LogP contribution in [-0.4, -0.2) is 18.4 Å². The van der Waals surface area contributed by atoms with Crippen LogP contribution in [0.2, 0.25) is 0 Å². The summed E-state index contributed by atoms with van der Waals surface area (Å²) in [6.07, 6.45) is 3.28. The Morgan fingerprint density at radius 3 is 1.95 bits per heavy atom. The predicted molar refractivity (Wildman–Crippen MR) is 157 cm³/mol. The summed E-state index contributed by atoms with van der Waals surface area (Å²) < 4.78 is 50.9. The molecule has 0 spiro atoms. The third kappa shape index (κ3) is 5.35. The zero-order valence-corrected chi connectivity index (χ0v) is 22.5. The molecule has 0 saturated carbocycles. The van der Waals surface area contributed by atoms with E-state index >= 15 is 0 Å². The van der Waals surface area contributed by atoms with Crippen molar-refractivity contribution >= 4 is 54.1 Å². The molecule has 0 aliphatic rings. The molecular weight excluding hydrogens is 544 g/mol. The number of benzene rings is 4. The lowest BCUT2D eigenvalue weighted by molar-refractivity contribution is 0.529. The predicted octanol–water partition coefficient (Wildman–Crippen LogP) is 7.02. The summed E-state index contributed by atoms with van der Waals surface area (Å²) in [5, 5.41) is 1.74. The number of rotatable bonds is 7. The van der Waals surface area contributed by atoms with Gasteiger partial charge in [0, 0.05) is 23.2 Å². The van der Waals surface area contributed by atoms with E-state index in [9.17, 15) is 12.6 Å². The number of nitrogens with zero attached hydrogens (tertiary/aromatic N) is 3. The van der Waals surface area contributed by atoms with Gasteiger partial charge in [0.25, 0.3) is 10.0 Å². The lowest BCUT2D eigenvalue weighted by Crippen LogP contribution is -2.13. The first-order valence-electron chi connectivity index (χ1n) is 12.2. The highest BCUT2D eigenvalue weighted by Gasteiger charge is 2.16. The minimum atomic E-state index is -3.82. The molecule has 0 saturated heterocycles. The maximum atomic E-state index is 13.0. The summed E-state index contributed by atoms with van der Waals surface area (Å²) in [4.78, 5) is 8.75. The molecule has 2 aromatic heterocycles. The van der Waals surface area contributed by atoms with Crippen molar-refractivity contribution in [2.24, 2.45) is 4.36 Å². The largest absolute Gasteiger partial charge is 0.546 e. The number of fused-ring (bicyclic) bond motifs is 2. The summed E-state index contributed by atoms with van der Waals surface area (Å²) in [6.45, 7) is 0. The van der Waals surface area contributed by atoms with Gasteiger partial charge in [0.05, 0.1) is 27.3 Å². The Labute approximate surface area is 232 Å². The van der Waals surface area contributed by atoms with E-state index in [1.165, 1.54) is 0 Å². The normalized spacial score (nSPS) is 12.4. The van der Waals surface area contributed by atoms with Crippen molar-refractivity contribution in [2.75, 3.05) is 4.72 Å². The van der Waals surface area contributed by atoms with Crippen LogP contribution < -0.4 is 8.91 Å². The van der Waals surface area contributed by atoms with Gasteiger partial charge in [-0.1, -0.05) is 60.7 Å². The Morgan fingerprint density at radius 2 is 1.25 bits per heavy atom. The zero-order chi connectivity index (χ0) is 27.5. The Balaban J connectivity index is 1.17. The Hall–Kier alpha value is -4.80. The van der Waals surface area contributed by atoms with Gasteiger partial charge in [-0.2, -0.15) is 0 Å². The quantitative estimate of drug-likeness (QED) is 0.208. The molecular formula is C30H21N4O4S2-. The highest BCUT2D eigenvalue weighted by Crippen LogP contribution is 2.28. The van der Waals surface area contributed by atoms with E-state index in [2.05, 4.69) is 19.1 Å². The molecule has 10 heteroatoms. The van der Waals surface area contributed by atoms with Crippen LogP contribution in [0.1, 0.15) is 0 Å². The maximum Gasteiger partial charge on any atom is 0.261 e. The topological polar surface area (TPSA) is 111 Å². The summed E-state index contributed by atoms with van der Waals surface area (Å²) in [7, 11) is -5.78. The van der Waals surface area contributed by atoms with Crippen LogP contribution in [-0.2, 0) is 25.1 Å². The smallest absolute Gasteiger partial charge is 0.261 e. The van der Waals surface area contributed by atoms with Gasteiger partial charge in [-0.3, -0.25) is 14.7 Å². The molecule has 8 nitrogen and oxygen atoms in total. The molecule has 4 aromatic carbocycles. The molecule has 0 radical (unpaired) electrons. The van der Waals surface area contributed by atoms with Gasteiger partial charge in [0.1, 0.15) is 5.75 Å². The molecule has 0 atom stereocenters. The highest BCUT2D eigenvalue weighted by molar-refractivity contribution is 7.92. The SMILES string of the molecule is O=[S-](=Nc1cccc2cccnc12)Oc1ccc(-c2ccc(S(=O)(=O)Nc3cccc4cccnc34)cc2)cc1. The lowest BCUT2D eigenvalue weighted by Gasteiger charge is -2.12.